The average molecular weight is 361 g/mol. The summed E-state index contributed by atoms with van der Waals surface area (Å²) in [6.45, 7) is 1.68. The summed E-state index contributed by atoms with van der Waals surface area (Å²) in [5, 5.41) is 0. The van der Waals surface area contributed by atoms with Gasteiger partial charge in [-0.1, -0.05) is 30.3 Å². The fourth-order valence-electron chi connectivity index (χ4n) is 2.54. The molecular weight excluding hydrogens is 345 g/mol. The summed E-state index contributed by atoms with van der Waals surface area (Å²) in [7, 11) is -3.80. The van der Waals surface area contributed by atoms with Crippen LogP contribution in [0.2, 0.25) is 0 Å². The Bertz CT molecular complexity index is 939. The van der Waals surface area contributed by atoms with Crippen LogP contribution in [0.15, 0.2) is 65.2 Å². The van der Waals surface area contributed by atoms with Crippen molar-refractivity contribution in [1.82, 2.24) is 4.72 Å². The Morgan fingerprint density at radius 3 is 2.60 bits per heavy atom. The molecule has 0 saturated carbocycles. The van der Waals surface area contributed by atoms with Crippen LogP contribution in [0, 0.1) is 12.7 Å². The maximum atomic E-state index is 13.8. The van der Waals surface area contributed by atoms with E-state index < -0.39 is 21.9 Å². The van der Waals surface area contributed by atoms with Crippen molar-refractivity contribution in [3.63, 3.8) is 0 Å². The summed E-state index contributed by atoms with van der Waals surface area (Å²) in [4.78, 5) is 12.0. The number of sulfonamides is 1. The molecule has 2 aromatic rings. The van der Waals surface area contributed by atoms with E-state index in [1.807, 2.05) is 0 Å². The number of aryl methyl sites for hydroxylation is 1. The summed E-state index contributed by atoms with van der Waals surface area (Å²) in [5.74, 6) is -1.54. The molecule has 0 spiro atoms. The molecule has 1 aliphatic rings. The van der Waals surface area contributed by atoms with Crippen molar-refractivity contribution in [2.24, 2.45) is 0 Å². The summed E-state index contributed by atoms with van der Waals surface area (Å²) in [6, 6.07) is 12.4. The van der Waals surface area contributed by atoms with Gasteiger partial charge in [0.2, 0.25) is 0 Å². The number of carbonyl (C=O) groups excluding carboxylic acids is 1. The highest BCUT2D eigenvalue weighted by atomic mass is 32.2. The largest absolute Gasteiger partial charge is 0.461 e. The number of ether oxygens (including phenoxy) is 1. The zero-order valence-corrected chi connectivity index (χ0v) is 14.2. The van der Waals surface area contributed by atoms with Crippen LogP contribution in [0.3, 0.4) is 0 Å². The fraction of sp³-hybridized carbons (Fsp3) is 0.167. The van der Waals surface area contributed by atoms with Gasteiger partial charge < -0.3 is 4.74 Å². The minimum Gasteiger partial charge on any atom is -0.461 e. The zero-order valence-electron chi connectivity index (χ0n) is 13.4. The number of hydrogen-bond donors (Lipinski definition) is 1. The Kier molecular flexibility index (Phi) is 4.59. The third kappa shape index (κ3) is 3.56. The van der Waals surface area contributed by atoms with E-state index in [0.717, 1.165) is 6.20 Å². The fourth-order valence-corrected chi connectivity index (χ4v) is 3.48. The molecule has 0 aromatic heterocycles. The molecule has 1 unspecified atom stereocenters. The molecule has 0 radical (unpaired) electrons. The Morgan fingerprint density at radius 2 is 1.92 bits per heavy atom. The lowest BCUT2D eigenvalue weighted by molar-refractivity contribution is -0.135. The number of nitrogens with one attached hydrogen (secondary N) is 1. The van der Waals surface area contributed by atoms with Crippen molar-refractivity contribution < 1.29 is 22.3 Å². The first-order chi connectivity index (χ1) is 11.9. The average Bonchev–Trinajstić information content (AvgIpc) is 2.97. The van der Waals surface area contributed by atoms with Crippen LogP contribution in [0.4, 0.5) is 4.39 Å². The number of cyclic esters (lactones) is 1. The number of rotatable bonds is 4. The van der Waals surface area contributed by atoms with Gasteiger partial charge in [-0.15, -0.1) is 0 Å². The van der Waals surface area contributed by atoms with Crippen LogP contribution in [-0.4, -0.2) is 21.0 Å². The molecule has 0 amide bonds. The van der Waals surface area contributed by atoms with E-state index in [1.54, 1.807) is 37.3 Å². The third-order valence-electron chi connectivity index (χ3n) is 4.01. The molecule has 2 aromatic carbocycles. The van der Waals surface area contributed by atoms with Gasteiger partial charge >= 0.3 is 5.97 Å². The van der Waals surface area contributed by atoms with Gasteiger partial charge in [0.05, 0.1) is 16.4 Å². The molecule has 1 fully saturated rings. The first-order valence-corrected chi connectivity index (χ1v) is 9.07. The van der Waals surface area contributed by atoms with Crippen molar-refractivity contribution in [3.05, 3.63) is 77.2 Å². The van der Waals surface area contributed by atoms with Crippen LogP contribution >= 0.6 is 0 Å². The van der Waals surface area contributed by atoms with Gasteiger partial charge in [0.25, 0.3) is 10.0 Å². The van der Waals surface area contributed by atoms with E-state index in [-0.39, 0.29) is 22.9 Å². The summed E-state index contributed by atoms with van der Waals surface area (Å²) in [5.41, 5.74) is 1.19. The van der Waals surface area contributed by atoms with Crippen molar-refractivity contribution in [1.29, 1.82) is 0 Å². The van der Waals surface area contributed by atoms with Gasteiger partial charge in [-0.2, -0.15) is 0 Å². The lowest BCUT2D eigenvalue weighted by Gasteiger charge is -2.11. The second-order valence-corrected chi connectivity index (χ2v) is 7.41. The van der Waals surface area contributed by atoms with Gasteiger partial charge in [-0.3, -0.25) is 4.72 Å². The monoisotopic (exact) mass is 361 g/mol. The number of halogens is 1. The third-order valence-corrected chi connectivity index (χ3v) is 5.33. The SMILES string of the molecule is Cc1ccc(C2COC(=O)C2=CNS(=O)(=O)c2ccccc2)cc1F. The minimum absolute atomic E-state index is 0.0419. The van der Waals surface area contributed by atoms with Crippen LogP contribution in [-0.2, 0) is 19.6 Å². The Morgan fingerprint density at radius 1 is 1.20 bits per heavy atom. The molecule has 0 aliphatic carbocycles. The molecule has 5 nitrogen and oxygen atoms in total. The highest BCUT2D eigenvalue weighted by Gasteiger charge is 2.32. The van der Waals surface area contributed by atoms with Gasteiger partial charge in [0.15, 0.2) is 0 Å². The topological polar surface area (TPSA) is 72.5 Å². The maximum Gasteiger partial charge on any atom is 0.336 e. The molecule has 1 heterocycles. The quantitative estimate of drug-likeness (QED) is 0.671. The molecule has 3 rings (SSSR count). The van der Waals surface area contributed by atoms with Crippen LogP contribution < -0.4 is 4.72 Å². The van der Waals surface area contributed by atoms with Gasteiger partial charge in [0.1, 0.15) is 12.4 Å². The number of carbonyl (C=O) groups is 1. The number of esters is 1. The van der Waals surface area contributed by atoms with E-state index in [2.05, 4.69) is 4.72 Å². The van der Waals surface area contributed by atoms with Gasteiger partial charge in [0, 0.05) is 6.20 Å². The molecule has 25 heavy (non-hydrogen) atoms. The molecule has 1 atom stereocenters. The molecule has 1 N–H and O–H groups in total. The van der Waals surface area contributed by atoms with Crippen molar-refractivity contribution in [3.8, 4) is 0 Å². The van der Waals surface area contributed by atoms with E-state index in [1.165, 1.54) is 18.2 Å². The molecule has 130 valence electrons. The summed E-state index contributed by atoms with van der Waals surface area (Å²) in [6.07, 6.45) is 1.13. The Hall–Kier alpha value is -2.67. The summed E-state index contributed by atoms with van der Waals surface area (Å²) < 4.78 is 45.6. The van der Waals surface area contributed by atoms with Crippen LogP contribution in [0.1, 0.15) is 17.0 Å². The molecule has 1 aliphatic heterocycles. The highest BCUT2D eigenvalue weighted by molar-refractivity contribution is 7.89. The van der Waals surface area contributed by atoms with Gasteiger partial charge in [-0.25, -0.2) is 17.6 Å². The van der Waals surface area contributed by atoms with Crippen molar-refractivity contribution in [2.45, 2.75) is 17.7 Å². The molecular formula is C18H16FNO4S. The minimum atomic E-state index is -3.80. The standard InChI is InChI=1S/C18H16FNO4S/c1-12-7-8-13(9-17(12)19)16-11-24-18(21)15(16)10-20-25(22,23)14-5-3-2-4-6-14/h2-10,16,20H,11H2,1H3. The van der Waals surface area contributed by atoms with E-state index in [0.29, 0.717) is 11.1 Å². The van der Waals surface area contributed by atoms with Crippen LogP contribution in [0.25, 0.3) is 0 Å². The van der Waals surface area contributed by atoms with E-state index in [4.69, 9.17) is 4.74 Å². The van der Waals surface area contributed by atoms with E-state index in [9.17, 15) is 17.6 Å². The lowest BCUT2D eigenvalue weighted by Crippen LogP contribution is -2.20. The first kappa shape index (κ1) is 17.2. The maximum absolute atomic E-state index is 13.8. The number of hydrogen-bond acceptors (Lipinski definition) is 4. The number of benzene rings is 2. The second kappa shape index (κ2) is 6.68. The Balaban J connectivity index is 1.89. The molecule has 1 saturated heterocycles. The van der Waals surface area contributed by atoms with E-state index >= 15 is 0 Å². The van der Waals surface area contributed by atoms with Gasteiger partial charge in [-0.05, 0) is 36.2 Å². The first-order valence-electron chi connectivity index (χ1n) is 7.59. The normalized spacial score (nSPS) is 19.0. The molecule has 0 bridgehead atoms. The highest BCUT2D eigenvalue weighted by Crippen LogP contribution is 2.32. The predicted octanol–water partition coefficient (Wildman–Crippen LogP) is 2.64. The molecule has 7 heteroatoms. The van der Waals surface area contributed by atoms with Crippen molar-refractivity contribution in [2.75, 3.05) is 6.61 Å². The smallest absolute Gasteiger partial charge is 0.336 e. The zero-order chi connectivity index (χ0) is 18.0. The Labute approximate surface area is 145 Å². The summed E-state index contributed by atoms with van der Waals surface area (Å²) >= 11 is 0. The van der Waals surface area contributed by atoms with Crippen LogP contribution in [0.5, 0.6) is 0 Å². The van der Waals surface area contributed by atoms with Crippen molar-refractivity contribution >= 4 is 16.0 Å². The second-order valence-electron chi connectivity index (χ2n) is 5.69. The predicted molar refractivity (Wildman–Crippen MR) is 89.7 cm³/mol. The lowest BCUT2D eigenvalue weighted by atomic mass is 9.93.